The second-order valence-corrected chi connectivity index (χ2v) is 10.3. The van der Waals surface area contributed by atoms with Gasteiger partial charge in [0.25, 0.3) is 0 Å². The molecule has 8 atom stereocenters. The molecule has 6 heteroatoms. The molecule has 6 aliphatic rings. The number of epoxide rings is 1. The number of hydrogen-bond acceptors (Lipinski definition) is 6. The van der Waals surface area contributed by atoms with Gasteiger partial charge in [0.05, 0.1) is 19.1 Å². The Balaban J connectivity index is 1.46. The lowest BCUT2D eigenvalue weighted by atomic mass is 9.47. The fraction of sp³-hybridized carbons (Fsp3) is 0.783. The predicted octanol–water partition coefficient (Wildman–Crippen LogP) is 2.73. The van der Waals surface area contributed by atoms with E-state index in [0.717, 1.165) is 37.7 Å². The third kappa shape index (κ3) is 2.04. The first kappa shape index (κ1) is 18.1. The standard InChI is InChI=1S/C23H28O6/c1-21-6-3-13(24)9-12(21)10-15(20(26)27-2)19-14-4-7-22(8-5-18(25)29-22)16(14)11-17-23(19,21)28-17/h10,14-17,19H,3-9,11H2,1-2H3. The largest absolute Gasteiger partial charge is 0.469 e. The minimum atomic E-state index is -0.390. The van der Waals surface area contributed by atoms with Gasteiger partial charge in [-0.3, -0.25) is 14.4 Å². The van der Waals surface area contributed by atoms with E-state index < -0.39 is 0 Å². The zero-order valence-corrected chi connectivity index (χ0v) is 17.1. The van der Waals surface area contributed by atoms with Crippen molar-refractivity contribution < 1.29 is 28.6 Å². The lowest BCUT2D eigenvalue weighted by Crippen LogP contribution is -2.59. The normalized spacial score (nSPS) is 52.1. The predicted molar refractivity (Wildman–Crippen MR) is 101 cm³/mol. The molecule has 8 unspecified atom stereocenters. The van der Waals surface area contributed by atoms with Crippen LogP contribution in [0.5, 0.6) is 0 Å². The zero-order chi connectivity index (χ0) is 20.2. The summed E-state index contributed by atoms with van der Waals surface area (Å²) in [7, 11) is 1.44. The molecule has 29 heavy (non-hydrogen) atoms. The van der Waals surface area contributed by atoms with Crippen LogP contribution in [0.1, 0.15) is 58.3 Å². The van der Waals surface area contributed by atoms with Crippen molar-refractivity contribution in [2.45, 2.75) is 75.6 Å². The van der Waals surface area contributed by atoms with Crippen LogP contribution >= 0.6 is 0 Å². The zero-order valence-electron chi connectivity index (χ0n) is 17.1. The maximum Gasteiger partial charge on any atom is 0.312 e. The number of Topliss-reactive ketones (excluding diaryl/α,β-unsaturated/α-hetero) is 1. The van der Waals surface area contributed by atoms with Crippen molar-refractivity contribution in [1.82, 2.24) is 0 Å². The molecule has 0 aromatic carbocycles. The van der Waals surface area contributed by atoms with E-state index in [-0.39, 0.29) is 64.1 Å². The van der Waals surface area contributed by atoms with Gasteiger partial charge in [0.15, 0.2) is 0 Å². The molecular weight excluding hydrogens is 372 g/mol. The van der Waals surface area contributed by atoms with Gasteiger partial charge in [-0.15, -0.1) is 0 Å². The molecule has 2 spiro atoms. The minimum Gasteiger partial charge on any atom is -0.469 e. The van der Waals surface area contributed by atoms with Crippen molar-refractivity contribution in [3.05, 3.63) is 11.6 Å². The summed E-state index contributed by atoms with van der Waals surface area (Å²) < 4.78 is 17.7. The van der Waals surface area contributed by atoms with E-state index in [2.05, 4.69) is 6.92 Å². The first-order valence-corrected chi connectivity index (χ1v) is 11.0. The highest BCUT2D eigenvalue weighted by Crippen LogP contribution is 2.74. The van der Waals surface area contributed by atoms with Crippen LogP contribution in [-0.2, 0) is 28.6 Å². The quantitative estimate of drug-likeness (QED) is 0.382. The molecule has 0 radical (unpaired) electrons. The van der Waals surface area contributed by atoms with Gasteiger partial charge in [-0.1, -0.05) is 18.6 Å². The molecular formula is C23H28O6. The maximum atomic E-state index is 12.9. The summed E-state index contributed by atoms with van der Waals surface area (Å²) in [5.41, 5.74) is 0.120. The number of rotatable bonds is 1. The van der Waals surface area contributed by atoms with Crippen LogP contribution in [0.3, 0.4) is 0 Å². The lowest BCUT2D eigenvalue weighted by molar-refractivity contribution is -0.157. The lowest BCUT2D eigenvalue weighted by Gasteiger charge is -2.54. The molecule has 5 fully saturated rings. The average molecular weight is 400 g/mol. The van der Waals surface area contributed by atoms with Crippen molar-refractivity contribution in [2.24, 2.45) is 29.1 Å². The fourth-order valence-corrected chi connectivity index (χ4v) is 8.15. The van der Waals surface area contributed by atoms with Crippen LogP contribution in [0.15, 0.2) is 11.6 Å². The first-order chi connectivity index (χ1) is 13.8. The SMILES string of the molecule is COC(=O)C1C=C2CC(=O)CCC2(C)C23OC2CC2C(CCC24CCC(=O)O4)C13. The van der Waals surface area contributed by atoms with E-state index >= 15 is 0 Å². The van der Waals surface area contributed by atoms with Crippen LogP contribution < -0.4 is 0 Å². The van der Waals surface area contributed by atoms with Crippen LogP contribution in [-0.4, -0.2) is 42.1 Å². The molecule has 2 aliphatic heterocycles. The summed E-state index contributed by atoms with van der Waals surface area (Å²) in [6.07, 6.45) is 7.91. The molecule has 0 amide bonds. The Kier molecular flexibility index (Phi) is 3.44. The molecule has 0 aromatic rings. The molecule has 0 bridgehead atoms. The monoisotopic (exact) mass is 400 g/mol. The number of carbonyl (C=O) groups is 3. The summed E-state index contributed by atoms with van der Waals surface area (Å²) in [6, 6.07) is 0. The summed E-state index contributed by atoms with van der Waals surface area (Å²) in [4.78, 5) is 37.1. The minimum absolute atomic E-state index is 0.0272. The fourth-order valence-electron chi connectivity index (χ4n) is 8.15. The van der Waals surface area contributed by atoms with E-state index in [1.54, 1.807) is 0 Å². The molecule has 6 nitrogen and oxygen atoms in total. The molecule has 0 aromatic heterocycles. The Labute approximate surface area is 170 Å². The molecule has 3 saturated carbocycles. The number of methoxy groups -OCH3 is 1. The van der Waals surface area contributed by atoms with Gasteiger partial charge in [0.2, 0.25) is 0 Å². The number of esters is 2. The molecule has 4 aliphatic carbocycles. The van der Waals surface area contributed by atoms with Crippen LogP contribution in [0, 0.1) is 29.1 Å². The maximum absolute atomic E-state index is 12.9. The van der Waals surface area contributed by atoms with Gasteiger partial charge in [-0.2, -0.15) is 0 Å². The van der Waals surface area contributed by atoms with Gasteiger partial charge < -0.3 is 14.2 Å². The van der Waals surface area contributed by atoms with Crippen molar-refractivity contribution in [3.63, 3.8) is 0 Å². The number of ether oxygens (including phenoxy) is 3. The van der Waals surface area contributed by atoms with E-state index in [9.17, 15) is 14.4 Å². The molecule has 156 valence electrons. The van der Waals surface area contributed by atoms with E-state index in [1.807, 2.05) is 6.08 Å². The third-order valence-corrected chi connectivity index (χ3v) is 9.45. The van der Waals surface area contributed by atoms with E-state index in [1.165, 1.54) is 7.11 Å². The number of ketones is 1. The third-order valence-electron chi connectivity index (χ3n) is 9.45. The van der Waals surface area contributed by atoms with Crippen LogP contribution in [0.4, 0.5) is 0 Å². The Morgan fingerprint density at radius 2 is 2.03 bits per heavy atom. The number of fused-ring (bicyclic) bond motifs is 4. The molecule has 0 N–H and O–H groups in total. The first-order valence-electron chi connectivity index (χ1n) is 11.0. The highest BCUT2D eigenvalue weighted by Gasteiger charge is 2.80. The highest BCUT2D eigenvalue weighted by molar-refractivity contribution is 5.84. The molecule has 2 saturated heterocycles. The van der Waals surface area contributed by atoms with Gasteiger partial charge in [-0.05, 0) is 38.0 Å². The van der Waals surface area contributed by atoms with Gasteiger partial charge in [0.1, 0.15) is 17.0 Å². The smallest absolute Gasteiger partial charge is 0.312 e. The summed E-state index contributed by atoms with van der Waals surface area (Å²) >= 11 is 0. The van der Waals surface area contributed by atoms with Crippen molar-refractivity contribution in [3.8, 4) is 0 Å². The van der Waals surface area contributed by atoms with Crippen LogP contribution in [0.25, 0.3) is 0 Å². The van der Waals surface area contributed by atoms with Gasteiger partial charge in [-0.25, -0.2) is 0 Å². The Morgan fingerprint density at radius 1 is 1.21 bits per heavy atom. The number of hydrogen-bond donors (Lipinski definition) is 0. The molecule has 2 heterocycles. The summed E-state index contributed by atoms with van der Waals surface area (Å²) in [5.74, 6) is 0.0779. The highest BCUT2D eigenvalue weighted by atomic mass is 16.6. The van der Waals surface area contributed by atoms with Crippen molar-refractivity contribution in [1.29, 1.82) is 0 Å². The van der Waals surface area contributed by atoms with Gasteiger partial charge >= 0.3 is 11.9 Å². The topological polar surface area (TPSA) is 82.2 Å². The second-order valence-electron chi connectivity index (χ2n) is 10.3. The second kappa shape index (κ2) is 5.51. The van der Waals surface area contributed by atoms with Gasteiger partial charge in [0, 0.05) is 36.5 Å². The summed E-state index contributed by atoms with van der Waals surface area (Å²) in [5, 5.41) is 0. The Hall–Kier alpha value is -1.69. The van der Waals surface area contributed by atoms with Crippen LogP contribution in [0.2, 0.25) is 0 Å². The number of carbonyl (C=O) groups excluding carboxylic acids is 3. The molecule has 6 rings (SSSR count). The summed E-state index contributed by atoms with van der Waals surface area (Å²) in [6.45, 7) is 2.24. The Bertz CT molecular complexity index is 861. The van der Waals surface area contributed by atoms with E-state index in [0.29, 0.717) is 19.3 Å². The van der Waals surface area contributed by atoms with Crippen molar-refractivity contribution >= 4 is 17.7 Å². The van der Waals surface area contributed by atoms with Crippen molar-refractivity contribution in [2.75, 3.05) is 7.11 Å². The van der Waals surface area contributed by atoms with E-state index in [4.69, 9.17) is 14.2 Å². The Morgan fingerprint density at radius 3 is 2.76 bits per heavy atom. The average Bonchev–Trinajstić information content (AvgIpc) is 3.19.